The van der Waals surface area contributed by atoms with E-state index in [1.54, 1.807) is 18.2 Å². The number of hydrogen-bond acceptors (Lipinski definition) is 4. The van der Waals surface area contributed by atoms with Crippen molar-refractivity contribution in [1.29, 1.82) is 0 Å². The van der Waals surface area contributed by atoms with Gasteiger partial charge in [-0.3, -0.25) is 4.72 Å². The zero-order valence-electron chi connectivity index (χ0n) is 11.7. The van der Waals surface area contributed by atoms with Gasteiger partial charge in [-0.15, -0.1) is 0 Å². The Bertz CT molecular complexity index is 769. The van der Waals surface area contributed by atoms with E-state index in [-0.39, 0.29) is 10.5 Å². The van der Waals surface area contributed by atoms with Gasteiger partial charge in [-0.05, 0) is 42.8 Å². The minimum absolute atomic E-state index is 0.00639. The smallest absolute Gasteiger partial charge is 0.337 e. The molecule has 0 saturated heterocycles. The molecule has 0 spiro atoms. The first-order valence-corrected chi connectivity index (χ1v) is 7.68. The second kappa shape index (κ2) is 5.97. The molecule has 0 heterocycles. The first kappa shape index (κ1) is 15.1. The quantitative estimate of drug-likeness (QED) is 0.881. The summed E-state index contributed by atoms with van der Waals surface area (Å²) in [6, 6.07) is 12.7. The number of nitrogens with one attached hydrogen (secondary N) is 1. The van der Waals surface area contributed by atoms with E-state index in [1.165, 1.54) is 31.4 Å². The highest BCUT2D eigenvalue weighted by atomic mass is 32.2. The summed E-state index contributed by atoms with van der Waals surface area (Å²) in [6.45, 7) is 1.87. The molecule has 0 radical (unpaired) electrons. The molecule has 0 amide bonds. The Morgan fingerprint density at radius 1 is 1.10 bits per heavy atom. The van der Waals surface area contributed by atoms with Crippen LogP contribution in [0.15, 0.2) is 53.4 Å². The molecule has 2 aromatic rings. The normalized spacial score (nSPS) is 11.0. The van der Waals surface area contributed by atoms with Crippen molar-refractivity contribution in [3.8, 4) is 0 Å². The highest BCUT2D eigenvalue weighted by molar-refractivity contribution is 7.92. The van der Waals surface area contributed by atoms with Crippen molar-refractivity contribution in [2.45, 2.75) is 11.8 Å². The van der Waals surface area contributed by atoms with Gasteiger partial charge in [-0.2, -0.15) is 0 Å². The van der Waals surface area contributed by atoms with E-state index in [2.05, 4.69) is 9.46 Å². The predicted molar refractivity (Wildman–Crippen MR) is 79.8 cm³/mol. The molecule has 0 fully saturated rings. The van der Waals surface area contributed by atoms with Gasteiger partial charge in [0.25, 0.3) is 10.0 Å². The molecule has 2 aromatic carbocycles. The van der Waals surface area contributed by atoms with Gasteiger partial charge in [0.15, 0.2) is 0 Å². The second-order valence-electron chi connectivity index (χ2n) is 4.49. The molecule has 110 valence electrons. The highest BCUT2D eigenvalue weighted by Gasteiger charge is 2.16. The van der Waals surface area contributed by atoms with E-state index in [0.29, 0.717) is 5.69 Å². The van der Waals surface area contributed by atoms with E-state index in [4.69, 9.17) is 0 Å². The van der Waals surface area contributed by atoms with Crippen LogP contribution in [0.2, 0.25) is 0 Å². The Morgan fingerprint density at radius 2 is 1.81 bits per heavy atom. The molecule has 6 heteroatoms. The number of carbonyl (C=O) groups excluding carboxylic acids is 1. The fraction of sp³-hybridized carbons (Fsp3) is 0.133. The molecule has 5 nitrogen and oxygen atoms in total. The summed E-state index contributed by atoms with van der Waals surface area (Å²) >= 11 is 0. The molecular formula is C15H15NO4S. The molecule has 0 aliphatic heterocycles. The van der Waals surface area contributed by atoms with Gasteiger partial charge in [-0.1, -0.05) is 18.2 Å². The standard InChI is InChI=1S/C15H15NO4S/c1-11-5-3-7-13(9-11)16-21(18,19)14-8-4-6-12(10-14)15(17)20-2/h3-10,16H,1-2H3. The molecule has 0 saturated carbocycles. The first-order chi connectivity index (χ1) is 9.92. The number of esters is 1. The lowest BCUT2D eigenvalue weighted by atomic mass is 10.2. The Balaban J connectivity index is 2.33. The predicted octanol–water partition coefficient (Wildman–Crippen LogP) is 2.58. The molecule has 1 N–H and O–H groups in total. The highest BCUT2D eigenvalue weighted by Crippen LogP contribution is 2.18. The summed E-state index contributed by atoms with van der Waals surface area (Å²) < 4.78 is 31.7. The molecule has 2 rings (SSSR count). The minimum atomic E-state index is -3.75. The lowest BCUT2D eigenvalue weighted by Gasteiger charge is -2.09. The third kappa shape index (κ3) is 3.61. The minimum Gasteiger partial charge on any atom is -0.465 e. The zero-order valence-corrected chi connectivity index (χ0v) is 12.5. The van der Waals surface area contributed by atoms with Crippen molar-refractivity contribution in [2.24, 2.45) is 0 Å². The maximum atomic E-state index is 12.3. The van der Waals surface area contributed by atoms with Gasteiger partial charge in [0.2, 0.25) is 0 Å². The Labute approximate surface area is 123 Å². The van der Waals surface area contributed by atoms with Crippen LogP contribution in [0, 0.1) is 6.92 Å². The van der Waals surface area contributed by atoms with Crippen LogP contribution in [0.1, 0.15) is 15.9 Å². The van der Waals surface area contributed by atoms with Crippen molar-refractivity contribution in [3.63, 3.8) is 0 Å². The Kier molecular flexibility index (Phi) is 4.28. The molecule has 0 unspecified atom stereocenters. The van der Waals surface area contributed by atoms with Gasteiger partial charge in [-0.25, -0.2) is 13.2 Å². The maximum absolute atomic E-state index is 12.3. The fourth-order valence-corrected chi connectivity index (χ4v) is 2.93. The van der Waals surface area contributed by atoms with Crippen LogP contribution >= 0.6 is 0 Å². The van der Waals surface area contributed by atoms with Crippen LogP contribution in [0.4, 0.5) is 5.69 Å². The fourth-order valence-electron chi connectivity index (χ4n) is 1.83. The number of ether oxygens (including phenoxy) is 1. The van der Waals surface area contributed by atoms with Crippen LogP contribution in [0.3, 0.4) is 0 Å². The number of methoxy groups -OCH3 is 1. The third-order valence-corrected chi connectivity index (χ3v) is 4.21. The number of carbonyl (C=O) groups is 1. The van der Waals surface area contributed by atoms with Gasteiger partial charge in [0.1, 0.15) is 0 Å². The SMILES string of the molecule is COC(=O)c1cccc(S(=O)(=O)Nc2cccc(C)c2)c1. The lowest BCUT2D eigenvalue weighted by Crippen LogP contribution is -2.14. The molecular weight excluding hydrogens is 290 g/mol. The van der Waals surface area contributed by atoms with E-state index < -0.39 is 16.0 Å². The Hall–Kier alpha value is -2.34. The summed E-state index contributed by atoms with van der Waals surface area (Å²) in [7, 11) is -2.51. The summed E-state index contributed by atoms with van der Waals surface area (Å²) in [6.07, 6.45) is 0. The number of sulfonamides is 1. The zero-order chi connectivity index (χ0) is 15.5. The monoisotopic (exact) mass is 305 g/mol. The molecule has 21 heavy (non-hydrogen) atoms. The van der Waals surface area contributed by atoms with Gasteiger partial charge >= 0.3 is 5.97 Å². The van der Waals surface area contributed by atoms with Crippen molar-refractivity contribution < 1.29 is 17.9 Å². The molecule has 0 aliphatic rings. The van der Waals surface area contributed by atoms with E-state index >= 15 is 0 Å². The van der Waals surface area contributed by atoms with Gasteiger partial charge < -0.3 is 4.74 Å². The maximum Gasteiger partial charge on any atom is 0.337 e. The number of hydrogen-bond donors (Lipinski definition) is 1. The summed E-state index contributed by atoms with van der Waals surface area (Å²) in [5.74, 6) is -0.581. The third-order valence-electron chi connectivity index (χ3n) is 2.84. The van der Waals surface area contributed by atoms with Crippen molar-refractivity contribution >= 4 is 21.7 Å². The van der Waals surface area contributed by atoms with E-state index in [9.17, 15) is 13.2 Å². The lowest BCUT2D eigenvalue weighted by molar-refractivity contribution is 0.0600. The average Bonchev–Trinajstić information content (AvgIpc) is 2.46. The number of benzene rings is 2. The average molecular weight is 305 g/mol. The van der Waals surface area contributed by atoms with Crippen LogP contribution in [0.25, 0.3) is 0 Å². The van der Waals surface area contributed by atoms with E-state index in [1.807, 2.05) is 13.0 Å². The molecule has 0 bridgehead atoms. The van der Waals surface area contributed by atoms with Gasteiger partial charge in [0, 0.05) is 5.69 Å². The largest absolute Gasteiger partial charge is 0.465 e. The van der Waals surface area contributed by atoms with Crippen LogP contribution in [-0.4, -0.2) is 21.5 Å². The molecule has 0 aromatic heterocycles. The van der Waals surface area contributed by atoms with E-state index in [0.717, 1.165) is 5.56 Å². The van der Waals surface area contributed by atoms with Crippen LogP contribution < -0.4 is 4.72 Å². The van der Waals surface area contributed by atoms with Crippen LogP contribution in [0.5, 0.6) is 0 Å². The molecule has 0 aliphatic carbocycles. The van der Waals surface area contributed by atoms with Crippen molar-refractivity contribution in [3.05, 3.63) is 59.7 Å². The molecule has 0 atom stereocenters. The number of aryl methyl sites for hydroxylation is 1. The van der Waals surface area contributed by atoms with Crippen LogP contribution in [-0.2, 0) is 14.8 Å². The number of rotatable bonds is 4. The first-order valence-electron chi connectivity index (χ1n) is 6.20. The Morgan fingerprint density at radius 3 is 2.48 bits per heavy atom. The van der Waals surface area contributed by atoms with Gasteiger partial charge in [0.05, 0.1) is 17.6 Å². The summed E-state index contributed by atoms with van der Waals surface area (Å²) in [5.41, 5.74) is 1.60. The summed E-state index contributed by atoms with van der Waals surface area (Å²) in [5, 5.41) is 0. The van der Waals surface area contributed by atoms with Crippen molar-refractivity contribution in [2.75, 3.05) is 11.8 Å². The second-order valence-corrected chi connectivity index (χ2v) is 6.18. The number of anilines is 1. The topological polar surface area (TPSA) is 72.5 Å². The summed E-state index contributed by atoms with van der Waals surface area (Å²) in [4.78, 5) is 11.5. The van der Waals surface area contributed by atoms with Crippen molar-refractivity contribution in [1.82, 2.24) is 0 Å².